The van der Waals surface area contributed by atoms with Crippen LogP contribution in [0, 0.1) is 0 Å². The number of nitrogens with zero attached hydrogens (tertiary/aromatic N) is 6. The number of para-hydroxylation sites is 1. The van der Waals surface area contributed by atoms with Gasteiger partial charge in [-0.3, -0.25) is 0 Å². The van der Waals surface area contributed by atoms with Crippen molar-refractivity contribution >= 4 is 23.3 Å². The van der Waals surface area contributed by atoms with Crippen LogP contribution in [0.2, 0.25) is 0 Å². The second kappa shape index (κ2) is 7.31. The number of azo groups is 1. The quantitative estimate of drug-likeness (QED) is 0.421. The maximum absolute atomic E-state index is 12.4. The summed E-state index contributed by atoms with van der Waals surface area (Å²) in [6.07, 6.45) is 0. The van der Waals surface area contributed by atoms with Crippen LogP contribution in [0.4, 0.5) is 11.5 Å². The molecule has 1 N–H and O–H groups in total. The van der Waals surface area contributed by atoms with Crippen LogP contribution in [-0.4, -0.2) is 36.8 Å². The van der Waals surface area contributed by atoms with Gasteiger partial charge in [-0.15, -0.1) is 15.3 Å². The summed E-state index contributed by atoms with van der Waals surface area (Å²) in [6, 6.07) is 18.1. The van der Waals surface area contributed by atoms with E-state index in [0.29, 0.717) is 11.4 Å². The molecule has 2 heterocycles. The molecule has 9 nitrogen and oxygen atoms in total. The summed E-state index contributed by atoms with van der Waals surface area (Å²) in [7, 11) is 0. The van der Waals surface area contributed by atoms with E-state index in [9.17, 15) is 9.90 Å². The predicted octanol–water partition coefficient (Wildman–Crippen LogP) is 3.82. The highest BCUT2D eigenvalue weighted by atomic mass is 16.5. The van der Waals surface area contributed by atoms with E-state index in [1.165, 1.54) is 9.08 Å². The summed E-state index contributed by atoms with van der Waals surface area (Å²) in [4.78, 5) is 16.6. The molecule has 0 unspecified atom stereocenters. The molecule has 2 aromatic heterocycles. The summed E-state index contributed by atoms with van der Waals surface area (Å²) >= 11 is 0. The summed E-state index contributed by atoms with van der Waals surface area (Å²) < 4.78 is 7.86. The third-order valence-electron chi connectivity index (χ3n) is 3.89. The molecule has 0 spiro atoms. The Morgan fingerprint density at radius 1 is 1.07 bits per heavy atom. The smallest absolute Gasteiger partial charge is 0.376 e. The Hall–Kier alpha value is -4.01. The SMILES string of the molecule is CCOC(=O)c1nn(-c2ccccc2)c2nc(O)c(N=Nc3ccccc3)n12. The van der Waals surface area contributed by atoms with Crippen LogP contribution in [-0.2, 0) is 4.74 Å². The second-order valence-electron chi connectivity index (χ2n) is 5.72. The van der Waals surface area contributed by atoms with Gasteiger partial charge in [-0.1, -0.05) is 36.4 Å². The van der Waals surface area contributed by atoms with Gasteiger partial charge in [-0.25, -0.2) is 9.20 Å². The van der Waals surface area contributed by atoms with Crippen molar-refractivity contribution in [1.29, 1.82) is 0 Å². The zero-order valence-electron chi connectivity index (χ0n) is 14.9. The van der Waals surface area contributed by atoms with Gasteiger partial charge < -0.3 is 9.84 Å². The average molecular weight is 376 g/mol. The third kappa shape index (κ3) is 3.09. The van der Waals surface area contributed by atoms with Crippen molar-refractivity contribution in [3.05, 3.63) is 66.5 Å². The number of aromatic nitrogens is 4. The Bertz CT molecular complexity index is 1150. The standard InChI is InChI=1S/C19H16N6O3/c1-2-28-18(27)16-23-25(14-11-7-4-8-12-14)19-20-17(26)15(24(16)19)22-21-13-9-5-3-6-10-13/h3-12,26H,2H2,1H3. The lowest BCUT2D eigenvalue weighted by molar-refractivity contribution is 0.0510. The number of benzene rings is 2. The van der Waals surface area contributed by atoms with E-state index in [2.05, 4.69) is 20.3 Å². The Morgan fingerprint density at radius 3 is 2.43 bits per heavy atom. The molecule has 0 bridgehead atoms. The van der Waals surface area contributed by atoms with Gasteiger partial charge in [-0.2, -0.15) is 9.67 Å². The molecule has 0 aliphatic rings. The molecule has 0 amide bonds. The monoisotopic (exact) mass is 376 g/mol. The van der Waals surface area contributed by atoms with E-state index in [1.54, 1.807) is 31.2 Å². The van der Waals surface area contributed by atoms with Crippen LogP contribution in [0.15, 0.2) is 70.9 Å². The van der Waals surface area contributed by atoms with E-state index in [-0.39, 0.29) is 29.9 Å². The molecule has 2 aromatic carbocycles. The van der Waals surface area contributed by atoms with Crippen molar-refractivity contribution in [2.24, 2.45) is 10.2 Å². The normalized spacial score (nSPS) is 11.3. The number of fused-ring (bicyclic) bond motifs is 1. The van der Waals surface area contributed by atoms with Crippen molar-refractivity contribution in [2.75, 3.05) is 6.61 Å². The number of hydrogen-bond donors (Lipinski definition) is 1. The largest absolute Gasteiger partial charge is 0.491 e. The first-order valence-corrected chi connectivity index (χ1v) is 8.59. The van der Waals surface area contributed by atoms with Gasteiger partial charge in [0.15, 0.2) is 0 Å². The fourth-order valence-electron chi connectivity index (χ4n) is 2.67. The maximum Gasteiger partial charge on any atom is 0.376 e. The van der Waals surface area contributed by atoms with Crippen molar-refractivity contribution in [3.63, 3.8) is 0 Å². The van der Waals surface area contributed by atoms with Gasteiger partial charge in [-0.05, 0) is 31.2 Å². The number of carbonyl (C=O) groups excluding carboxylic acids is 1. The third-order valence-corrected chi connectivity index (χ3v) is 3.89. The molecule has 140 valence electrons. The van der Waals surface area contributed by atoms with Gasteiger partial charge in [0.05, 0.1) is 18.0 Å². The van der Waals surface area contributed by atoms with Crippen LogP contribution in [0.5, 0.6) is 5.88 Å². The number of esters is 1. The first-order valence-electron chi connectivity index (χ1n) is 8.59. The number of carbonyl (C=O) groups is 1. The lowest BCUT2D eigenvalue weighted by Gasteiger charge is -2.00. The molecular weight excluding hydrogens is 360 g/mol. The van der Waals surface area contributed by atoms with Gasteiger partial charge in [0, 0.05) is 0 Å². The number of rotatable bonds is 5. The highest BCUT2D eigenvalue weighted by Crippen LogP contribution is 2.31. The fourth-order valence-corrected chi connectivity index (χ4v) is 2.67. The molecule has 0 atom stereocenters. The first kappa shape index (κ1) is 17.4. The molecule has 0 aliphatic heterocycles. The number of aromatic hydroxyl groups is 1. The van der Waals surface area contributed by atoms with Crippen molar-refractivity contribution in [2.45, 2.75) is 6.92 Å². The Kier molecular flexibility index (Phi) is 4.55. The van der Waals surface area contributed by atoms with Gasteiger partial charge in [0.2, 0.25) is 17.4 Å². The van der Waals surface area contributed by atoms with E-state index in [4.69, 9.17) is 4.74 Å². The number of hydrogen-bond acceptors (Lipinski definition) is 7. The molecule has 0 fully saturated rings. The zero-order valence-corrected chi connectivity index (χ0v) is 14.9. The van der Waals surface area contributed by atoms with Crippen LogP contribution in [0.3, 0.4) is 0 Å². The van der Waals surface area contributed by atoms with Crippen LogP contribution >= 0.6 is 0 Å². The number of imidazole rings is 1. The summed E-state index contributed by atoms with van der Waals surface area (Å²) in [5.41, 5.74) is 1.25. The summed E-state index contributed by atoms with van der Waals surface area (Å²) in [6.45, 7) is 1.88. The fraction of sp³-hybridized carbons (Fsp3) is 0.105. The zero-order chi connectivity index (χ0) is 19.5. The van der Waals surface area contributed by atoms with Gasteiger partial charge >= 0.3 is 5.97 Å². The van der Waals surface area contributed by atoms with Crippen LogP contribution in [0.25, 0.3) is 11.5 Å². The Labute approximate surface area is 159 Å². The molecule has 0 saturated carbocycles. The van der Waals surface area contributed by atoms with E-state index in [1.807, 2.05) is 36.4 Å². The number of ether oxygens (including phenoxy) is 1. The minimum atomic E-state index is -0.657. The van der Waals surface area contributed by atoms with E-state index >= 15 is 0 Å². The van der Waals surface area contributed by atoms with Gasteiger partial charge in [0.1, 0.15) is 0 Å². The highest BCUT2D eigenvalue weighted by Gasteiger charge is 2.26. The Balaban J connectivity index is 1.91. The van der Waals surface area contributed by atoms with Crippen LogP contribution < -0.4 is 0 Å². The summed E-state index contributed by atoms with van der Waals surface area (Å²) in [5, 5.41) is 22.8. The predicted molar refractivity (Wildman–Crippen MR) is 101 cm³/mol. The second-order valence-corrected chi connectivity index (χ2v) is 5.72. The van der Waals surface area contributed by atoms with Crippen molar-refractivity contribution in [3.8, 4) is 11.6 Å². The first-order chi connectivity index (χ1) is 13.7. The molecule has 0 aliphatic carbocycles. The molecular formula is C19H16N6O3. The van der Waals surface area contributed by atoms with Crippen LogP contribution in [0.1, 0.15) is 17.5 Å². The van der Waals surface area contributed by atoms with E-state index < -0.39 is 5.97 Å². The molecule has 0 saturated heterocycles. The maximum atomic E-state index is 12.4. The van der Waals surface area contributed by atoms with Crippen molar-refractivity contribution in [1.82, 2.24) is 19.2 Å². The minimum absolute atomic E-state index is 0.0101. The molecule has 0 radical (unpaired) electrons. The van der Waals surface area contributed by atoms with Gasteiger partial charge in [0.25, 0.3) is 5.88 Å². The average Bonchev–Trinajstić information content (AvgIpc) is 3.24. The molecule has 28 heavy (non-hydrogen) atoms. The molecule has 4 rings (SSSR count). The minimum Gasteiger partial charge on any atom is -0.491 e. The van der Waals surface area contributed by atoms with Crippen molar-refractivity contribution < 1.29 is 14.6 Å². The topological polar surface area (TPSA) is 106 Å². The molecule has 4 aromatic rings. The van der Waals surface area contributed by atoms with E-state index in [0.717, 1.165) is 0 Å². The lowest BCUT2D eigenvalue weighted by atomic mass is 10.3. The molecule has 9 heteroatoms. The Morgan fingerprint density at radius 2 is 1.75 bits per heavy atom. The highest BCUT2D eigenvalue weighted by molar-refractivity contribution is 5.87. The lowest BCUT2D eigenvalue weighted by Crippen LogP contribution is -2.09. The summed E-state index contributed by atoms with van der Waals surface area (Å²) in [5.74, 6) is -0.878.